The molecule has 112 valence electrons. The Balaban J connectivity index is 1.73. The van der Waals surface area contributed by atoms with Crippen LogP contribution in [-0.4, -0.2) is 47.4 Å². The Morgan fingerprint density at radius 3 is 2.75 bits per heavy atom. The van der Waals surface area contributed by atoms with Gasteiger partial charge in [-0.25, -0.2) is 8.42 Å². The number of sulfonamides is 1. The molecule has 20 heavy (non-hydrogen) atoms. The Hall–Kier alpha value is -0.990. The molecule has 0 radical (unpaired) electrons. The molecular weight excluding hydrogens is 282 g/mol. The lowest BCUT2D eigenvalue weighted by atomic mass is 10.00. The van der Waals surface area contributed by atoms with Crippen molar-refractivity contribution in [1.29, 1.82) is 0 Å². The highest BCUT2D eigenvalue weighted by molar-refractivity contribution is 7.89. The molecule has 0 amide bonds. The van der Waals surface area contributed by atoms with Crippen molar-refractivity contribution in [3.05, 3.63) is 11.8 Å². The summed E-state index contributed by atoms with van der Waals surface area (Å²) in [5.74, 6) is 1.16. The number of rotatable bonds is 3. The van der Waals surface area contributed by atoms with Gasteiger partial charge in [0.15, 0.2) is 0 Å². The van der Waals surface area contributed by atoms with Crippen molar-refractivity contribution < 1.29 is 17.6 Å². The summed E-state index contributed by atoms with van der Waals surface area (Å²) in [6.07, 6.45) is 1.94. The Morgan fingerprint density at radius 2 is 2.10 bits per heavy atom. The van der Waals surface area contributed by atoms with E-state index in [-0.39, 0.29) is 24.0 Å². The maximum Gasteiger partial charge on any atom is 0.245 e. The highest BCUT2D eigenvalue weighted by atomic mass is 32.2. The second-order valence-corrected chi connectivity index (χ2v) is 7.48. The van der Waals surface area contributed by atoms with E-state index in [1.54, 1.807) is 18.2 Å². The molecule has 2 aliphatic rings. The van der Waals surface area contributed by atoms with Gasteiger partial charge in [0.25, 0.3) is 0 Å². The van der Waals surface area contributed by atoms with Crippen LogP contribution in [0.5, 0.6) is 0 Å². The fourth-order valence-electron chi connectivity index (χ4n) is 3.02. The van der Waals surface area contributed by atoms with Crippen LogP contribution >= 0.6 is 0 Å². The number of aryl methyl sites for hydroxylation is 1. The van der Waals surface area contributed by atoms with Crippen LogP contribution in [0.4, 0.5) is 0 Å². The number of hydrogen-bond donors (Lipinski definition) is 0. The van der Waals surface area contributed by atoms with E-state index in [4.69, 9.17) is 9.15 Å². The number of hydrogen-bond acceptors (Lipinski definition) is 6. The van der Waals surface area contributed by atoms with Crippen LogP contribution in [0.2, 0.25) is 0 Å². The first kappa shape index (κ1) is 14.0. The van der Waals surface area contributed by atoms with Crippen molar-refractivity contribution >= 4 is 10.0 Å². The van der Waals surface area contributed by atoms with Crippen LogP contribution in [0, 0.1) is 6.92 Å². The highest BCUT2D eigenvalue weighted by Gasteiger charge is 2.45. The van der Waals surface area contributed by atoms with Crippen molar-refractivity contribution in [2.45, 2.75) is 51.4 Å². The molecule has 0 bridgehead atoms. The number of fused-ring (bicyclic) bond motifs is 1. The fourth-order valence-corrected chi connectivity index (χ4v) is 4.39. The smallest absolute Gasteiger partial charge is 0.245 e. The van der Waals surface area contributed by atoms with Gasteiger partial charge in [-0.1, -0.05) is 0 Å². The zero-order chi connectivity index (χ0) is 14.3. The van der Waals surface area contributed by atoms with Crippen LogP contribution in [-0.2, 0) is 14.8 Å². The van der Waals surface area contributed by atoms with Gasteiger partial charge < -0.3 is 9.15 Å². The normalized spacial score (nSPS) is 31.4. The highest BCUT2D eigenvalue weighted by Crippen LogP contribution is 2.38. The third kappa shape index (κ3) is 2.36. The van der Waals surface area contributed by atoms with Gasteiger partial charge in [-0.05, 0) is 26.2 Å². The van der Waals surface area contributed by atoms with Crippen LogP contribution in [0.3, 0.4) is 0 Å². The molecule has 2 fully saturated rings. The lowest BCUT2D eigenvalue weighted by molar-refractivity contribution is -0.0738. The molecule has 1 aromatic heterocycles. The topological polar surface area (TPSA) is 85.5 Å². The summed E-state index contributed by atoms with van der Waals surface area (Å²) >= 11 is 0. The average molecular weight is 301 g/mol. The largest absolute Gasteiger partial charge is 0.423 e. The van der Waals surface area contributed by atoms with E-state index in [1.807, 2.05) is 0 Å². The van der Waals surface area contributed by atoms with Crippen molar-refractivity contribution in [3.8, 4) is 0 Å². The Kier molecular flexibility index (Phi) is 3.55. The first-order valence-electron chi connectivity index (χ1n) is 6.96. The first-order valence-corrected chi connectivity index (χ1v) is 8.57. The van der Waals surface area contributed by atoms with Crippen LogP contribution in [0.25, 0.3) is 0 Å². The Labute approximate surface area is 118 Å². The van der Waals surface area contributed by atoms with Gasteiger partial charge >= 0.3 is 0 Å². The molecule has 0 N–H and O–H groups in total. The van der Waals surface area contributed by atoms with E-state index in [0.29, 0.717) is 24.7 Å². The summed E-state index contributed by atoms with van der Waals surface area (Å²) in [6.45, 7) is 3.96. The van der Waals surface area contributed by atoms with Crippen LogP contribution in [0.15, 0.2) is 4.42 Å². The van der Waals surface area contributed by atoms with Gasteiger partial charge in [-0.2, -0.15) is 4.31 Å². The summed E-state index contributed by atoms with van der Waals surface area (Å²) in [5, 5.41) is 7.81. The van der Waals surface area contributed by atoms with Crippen molar-refractivity contribution in [2.75, 3.05) is 12.3 Å². The molecule has 2 aliphatic heterocycles. The van der Waals surface area contributed by atoms with Gasteiger partial charge in [-0.3, -0.25) is 0 Å². The summed E-state index contributed by atoms with van der Waals surface area (Å²) < 4.78 is 37.1. The van der Waals surface area contributed by atoms with Gasteiger partial charge in [0.2, 0.25) is 21.8 Å². The van der Waals surface area contributed by atoms with E-state index >= 15 is 0 Å². The third-order valence-electron chi connectivity index (χ3n) is 4.04. The molecule has 2 saturated heterocycles. The van der Waals surface area contributed by atoms with Gasteiger partial charge in [-0.15, -0.1) is 10.2 Å². The summed E-state index contributed by atoms with van der Waals surface area (Å²) in [4.78, 5) is 0. The maximum atomic E-state index is 12.0. The van der Waals surface area contributed by atoms with Gasteiger partial charge in [0, 0.05) is 13.5 Å². The molecular formula is C12H19N3O4S. The zero-order valence-corrected chi connectivity index (χ0v) is 12.5. The Bertz CT molecular complexity index is 585. The lowest BCUT2D eigenvalue weighted by Gasteiger charge is -2.34. The lowest BCUT2D eigenvalue weighted by Crippen LogP contribution is -2.43. The SMILES string of the molecule is CCS(=O)(=O)N1CC[C@H]2O[C@@H](c3nnc(C)o3)CC[C@H]21. The molecule has 0 saturated carbocycles. The molecule has 8 heteroatoms. The fraction of sp³-hybridized carbons (Fsp3) is 0.833. The minimum atomic E-state index is -3.14. The maximum absolute atomic E-state index is 12.0. The predicted octanol–water partition coefficient (Wildman–Crippen LogP) is 1.02. The molecule has 7 nitrogen and oxygen atoms in total. The minimum absolute atomic E-state index is 0.0415. The number of ether oxygens (including phenoxy) is 1. The monoisotopic (exact) mass is 301 g/mol. The van der Waals surface area contributed by atoms with Gasteiger partial charge in [0.05, 0.1) is 17.9 Å². The number of nitrogens with zero attached hydrogens (tertiary/aromatic N) is 3. The second kappa shape index (κ2) is 5.09. The molecule has 0 spiro atoms. The molecule has 0 aliphatic carbocycles. The first-order chi connectivity index (χ1) is 9.51. The summed E-state index contributed by atoms with van der Waals surface area (Å²) in [6, 6.07) is -0.0415. The van der Waals surface area contributed by atoms with E-state index < -0.39 is 10.0 Å². The van der Waals surface area contributed by atoms with E-state index in [0.717, 1.165) is 12.8 Å². The van der Waals surface area contributed by atoms with Crippen LogP contribution < -0.4 is 0 Å². The predicted molar refractivity (Wildman–Crippen MR) is 70.5 cm³/mol. The molecule has 0 unspecified atom stereocenters. The Morgan fingerprint density at radius 1 is 1.30 bits per heavy atom. The number of aromatic nitrogens is 2. The third-order valence-corrected chi connectivity index (χ3v) is 5.93. The standard InChI is InChI=1S/C12H19N3O4S/c1-3-20(16,17)15-7-6-10-9(15)4-5-11(19-10)12-14-13-8(2)18-12/h9-11H,3-7H2,1-2H3/t9-,10-,11-/m1/s1. The summed E-state index contributed by atoms with van der Waals surface area (Å²) in [7, 11) is -3.14. The van der Waals surface area contributed by atoms with Crippen LogP contribution in [0.1, 0.15) is 44.1 Å². The van der Waals surface area contributed by atoms with Crippen molar-refractivity contribution in [2.24, 2.45) is 0 Å². The molecule has 1 aromatic rings. The van der Waals surface area contributed by atoms with E-state index in [9.17, 15) is 8.42 Å². The van der Waals surface area contributed by atoms with E-state index in [2.05, 4.69) is 10.2 Å². The molecule has 3 rings (SSSR count). The van der Waals surface area contributed by atoms with Crippen molar-refractivity contribution in [3.63, 3.8) is 0 Å². The zero-order valence-electron chi connectivity index (χ0n) is 11.7. The van der Waals surface area contributed by atoms with Crippen molar-refractivity contribution in [1.82, 2.24) is 14.5 Å². The molecule has 3 heterocycles. The molecule has 3 atom stereocenters. The van der Waals surface area contributed by atoms with Gasteiger partial charge in [0.1, 0.15) is 6.10 Å². The molecule has 0 aromatic carbocycles. The second-order valence-electron chi connectivity index (χ2n) is 5.27. The minimum Gasteiger partial charge on any atom is -0.423 e. The quantitative estimate of drug-likeness (QED) is 0.828. The van der Waals surface area contributed by atoms with E-state index in [1.165, 1.54) is 0 Å². The summed E-state index contributed by atoms with van der Waals surface area (Å²) in [5.41, 5.74) is 0. The average Bonchev–Trinajstić information content (AvgIpc) is 3.04.